The molecule has 102 valence electrons. The number of nitrogens with zero attached hydrogens (tertiary/aromatic N) is 1. The van der Waals surface area contributed by atoms with Crippen LogP contribution < -0.4 is 0 Å². The monoisotopic (exact) mass is 251 g/mol. The highest BCUT2D eigenvalue weighted by atomic mass is 16.5. The van der Waals surface area contributed by atoms with Crippen molar-refractivity contribution in [2.45, 2.75) is 51.5 Å². The van der Waals surface area contributed by atoms with Crippen molar-refractivity contribution >= 4 is 5.97 Å². The first kappa shape index (κ1) is 13.6. The summed E-state index contributed by atoms with van der Waals surface area (Å²) in [4.78, 5) is 14.3. The van der Waals surface area contributed by atoms with Crippen molar-refractivity contribution in [2.24, 2.45) is 5.92 Å². The van der Waals surface area contributed by atoms with Gasteiger partial charge in [-0.25, -0.2) is 0 Å². The quantitative estimate of drug-likeness (QED) is 0.570. The maximum atomic E-state index is 11.7. The van der Waals surface area contributed by atoms with E-state index < -0.39 is 0 Å². The fraction of sp³-hybridized carbons (Fsp3) is 0.800. The molecular weight excluding hydrogens is 226 g/mol. The van der Waals surface area contributed by atoms with E-state index in [0.717, 1.165) is 32.0 Å². The molecule has 1 aliphatic carbocycles. The van der Waals surface area contributed by atoms with Crippen LogP contribution in [0.1, 0.15) is 45.4 Å². The third-order valence-corrected chi connectivity index (χ3v) is 4.17. The molecule has 0 aromatic heterocycles. The second kappa shape index (κ2) is 6.93. The van der Waals surface area contributed by atoms with Gasteiger partial charge in [0.05, 0.1) is 12.5 Å². The van der Waals surface area contributed by atoms with Crippen LogP contribution >= 0.6 is 0 Å². The third kappa shape index (κ3) is 3.58. The van der Waals surface area contributed by atoms with Gasteiger partial charge >= 0.3 is 5.97 Å². The Bertz CT molecular complexity index is 283. The van der Waals surface area contributed by atoms with Crippen molar-refractivity contribution in [2.75, 3.05) is 19.7 Å². The van der Waals surface area contributed by atoms with Crippen LogP contribution in [0, 0.1) is 5.92 Å². The number of rotatable bonds is 3. The zero-order valence-electron chi connectivity index (χ0n) is 11.4. The van der Waals surface area contributed by atoms with Gasteiger partial charge in [-0.05, 0) is 58.5 Å². The Labute approximate surface area is 110 Å². The van der Waals surface area contributed by atoms with E-state index in [-0.39, 0.29) is 11.9 Å². The molecule has 1 heterocycles. The van der Waals surface area contributed by atoms with Crippen LogP contribution in [-0.4, -0.2) is 36.6 Å². The molecule has 0 atom stereocenters. The smallest absolute Gasteiger partial charge is 0.309 e. The lowest BCUT2D eigenvalue weighted by Crippen LogP contribution is -2.43. The minimum atomic E-state index is 0.0136. The Balaban J connectivity index is 1.77. The highest BCUT2D eigenvalue weighted by Crippen LogP contribution is 2.25. The molecular formula is C15H25NO2. The molecule has 1 fully saturated rings. The van der Waals surface area contributed by atoms with Crippen molar-refractivity contribution in [3.05, 3.63) is 12.2 Å². The molecule has 3 heteroatoms. The van der Waals surface area contributed by atoms with Gasteiger partial charge in [-0.2, -0.15) is 0 Å². The Morgan fingerprint density at radius 1 is 1.17 bits per heavy atom. The lowest BCUT2D eigenvalue weighted by atomic mass is 9.94. The molecule has 2 aliphatic rings. The van der Waals surface area contributed by atoms with E-state index >= 15 is 0 Å². The maximum absolute atomic E-state index is 11.7. The second-order valence-electron chi connectivity index (χ2n) is 5.34. The van der Waals surface area contributed by atoms with E-state index in [1.54, 1.807) is 0 Å². The Hall–Kier alpha value is -0.830. The molecule has 0 N–H and O–H groups in total. The van der Waals surface area contributed by atoms with Gasteiger partial charge < -0.3 is 9.64 Å². The van der Waals surface area contributed by atoms with Crippen molar-refractivity contribution in [1.29, 1.82) is 0 Å². The van der Waals surface area contributed by atoms with Gasteiger partial charge in [0.15, 0.2) is 0 Å². The summed E-state index contributed by atoms with van der Waals surface area (Å²) in [5.74, 6) is 0.157. The highest BCUT2D eigenvalue weighted by Gasteiger charge is 2.29. The summed E-state index contributed by atoms with van der Waals surface area (Å²) in [6.07, 6.45) is 11.5. The zero-order valence-corrected chi connectivity index (χ0v) is 11.4. The average molecular weight is 251 g/mol. The number of hydrogen-bond donors (Lipinski definition) is 0. The van der Waals surface area contributed by atoms with Crippen LogP contribution in [0.15, 0.2) is 12.2 Å². The first-order valence-corrected chi connectivity index (χ1v) is 7.37. The predicted octanol–water partition coefficient (Wildman–Crippen LogP) is 2.76. The topological polar surface area (TPSA) is 29.5 Å². The molecule has 18 heavy (non-hydrogen) atoms. The van der Waals surface area contributed by atoms with Crippen molar-refractivity contribution in [1.82, 2.24) is 4.90 Å². The normalized spacial score (nSPS) is 23.8. The summed E-state index contributed by atoms with van der Waals surface area (Å²) in [5, 5.41) is 0. The molecule has 0 aromatic carbocycles. The van der Waals surface area contributed by atoms with Gasteiger partial charge in [0.1, 0.15) is 0 Å². The van der Waals surface area contributed by atoms with E-state index in [1.807, 2.05) is 6.92 Å². The standard InChI is InChI=1S/C15H25NO2/c1-2-18-15(17)13-9-11-16(12-10-13)14-7-5-3-4-6-8-14/h3-4,13-14H,2,5-12H2,1H3. The first-order valence-electron chi connectivity index (χ1n) is 7.37. The number of likely N-dealkylation sites (tertiary alicyclic amines) is 1. The van der Waals surface area contributed by atoms with Crippen molar-refractivity contribution in [3.8, 4) is 0 Å². The minimum Gasteiger partial charge on any atom is -0.466 e. The molecule has 0 amide bonds. The predicted molar refractivity (Wildman–Crippen MR) is 72.3 cm³/mol. The number of carbonyl (C=O) groups excluding carboxylic acids is 1. The number of hydrogen-bond acceptors (Lipinski definition) is 3. The molecule has 0 radical (unpaired) electrons. The molecule has 0 saturated carbocycles. The van der Waals surface area contributed by atoms with Crippen molar-refractivity contribution in [3.63, 3.8) is 0 Å². The van der Waals surface area contributed by atoms with Gasteiger partial charge in [-0.1, -0.05) is 12.2 Å². The molecule has 1 aliphatic heterocycles. The van der Waals surface area contributed by atoms with E-state index in [0.29, 0.717) is 6.61 Å². The van der Waals surface area contributed by atoms with Crippen molar-refractivity contribution < 1.29 is 9.53 Å². The van der Waals surface area contributed by atoms with E-state index in [1.165, 1.54) is 25.7 Å². The molecule has 0 aromatic rings. The van der Waals surface area contributed by atoms with Gasteiger partial charge in [-0.15, -0.1) is 0 Å². The van der Waals surface area contributed by atoms with Crippen LogP contribution in [0.5, 0.6) is 0 Å². The van der Waals surface area contributed by atoms with E-state index in [2.05, 4.69) is 17.1 Å². The lowest BCUT2D eigenvalue weighted by Gasteiger charge is -2.36. The fourth-order valence-electron chi connectivity index (χ4n) is 3.08. The number of allylic oxidation sites excluding steroid dienone is 2. The average Bonchev–Trinajstić information content (AvgIpc) is 2.68. The minimum absolute atomic E-state index is 0.0136. The number of piperidine rings is 1. The van der Waals surface area contributed by atoms with Crippen LogP contribution in [0.2, 0.25) is 0 Å². The number of esters is 1. The van der Waals surface area contributed by atoms with Gasteiger partial charge in [0, 0.05) is 6.04 Å². The zero-order chi connectivity index (χ0) is 12.8. The summed E-state index contributed by atoms with van der Waals surface area (Å²) in [6, 6.07) is 0.725. The van der Waals surface area contributed by atoms with Gasteiger partial charge in [0.2, 0.25) is 0 Å². The number of ether oxygens (including phenoxy) is 1. The lowest BCUT2D eigenvalue weighted by molar-refractivity contribution is -0.149. The summed E-state index contributed by atoms with van der Waals surface area (Å²) < 4.78 is 5.11. The van der Waals surface area contributed by atoms with E-state index in [9.17, 15) is 4.79 Å². The Kier molecular flexibility index (Phi) is 5.24. The molecule has 0 bridgehead atoms. The summed E-state index contributed by atoms with van der Waals surface area (Å²) in [7, 11) is 0. The molecule has 0 spiro atoms. The van der Waals surface area contributed by atoms with Crippen LogP contribution in [0.4, 0.5) is 0 Å². The van der Waals surface area contributed by atoms with Gasteiger partial charge in [0.25, 0.3) is 0 Å². The summed E-state index contributed by atoms with van der Waals surface area (Å²) in [6.45, 7) is 4.52. The Morgan fingerprint density at radius 3 is 2.33 bits per heavy atom. The largest absolute Gasteiger partial charge is 0.466 e. The second-order valence-corrected chi connectivity index (χ2v) is 5.34. The maximum Gasteiger partial charge on any atom is 0.309 e. The molecule has 3 nitrogen and oxygen atoms in total. The fourth-order valence-corrected chi connectivity index (χ4v) is 3.08. The molecule has 1 saturated heterocycles. The van der Waals surface area contributed by atoms with Crippen LogP contribution in [0.25, 0.3) is 0 Å². The van der Waals surface area contributed by atoms with Gasteiger partial charge in [-0.3, -0.25) is 4.79 Å². The van der Waals surface area contributed by atoms with E-state index in [4.69, 9.17) is 4.74 Å². The number of carbonyl (C=O) groups is 1. The highest BCUT2D eigenvalue weighted by molar-refractivity contribution is 5.72. The molecule has 0 unspecified atom stereocenters. The Morgan fingerprint density at radius 2 is 1.78 bits per heavy atom. The van der Waals surface area contributed by atoms with Crippen LogP contribution in [0.3, 0.4) is 0 Å². The van der Waals surface area contributed by atoms with Crippen LogP contribution in [-0.2, 0) is 9.53 Å². The summed E-state index contributed by atoms with van der Waals surface area (Å²) in [5.41, 5.74) is 0. The third-order valence-electron chi connectivity index (χ3n) is 4.17. The molecule has 2 rings (SSSR count). The SMILES string of the molecule is CCOC(=O)C1CCN(C2CCC=CCC2)CC1. The summed E-state index contributed by atoms with van der Waals surface area (Å²) >= 11 is 0. The first-order chi connectivity index (χ1) is 8.81.